The summed E-state index contributed by atoms with van der Waals surface area (Å²) in [6.07, 6.45) is 2.93. The molecule has 21 heavy (non-hydrogen) atoms. The van der Waals surface area contributed by atoms with Crippen LogP contribution in [-0.2, 0) is 16.1 Å². The molecule has 2 N–H and O–H groups in total. The van der Waals surface area contributed by atoms with Gasteiger partial charge in [-0.1, -0.05) is 31.5 Å². The van der Waals surface area contributed by atoms with Crippen molar-refractivity contribution in [3.8, 4) is 0 Å². The second-order valence-electron chi connectivity index (χ2n) is 5.44. The van der Waals surface area contributed by atoms with Gasteiger partial charge in [-0.15, -0.1) is 0 Å². The number of para-hydroxylation sites is 1. The summed E-state index contributed by atoms with van der Waals surface area (Å²) < 4.78 is 1.82. The quantitative estimate of drug-likeness (QED) is 0.857. The van der Waals surface area contributed by atoms with Crippen LogP contribution in [0, 0.1) is 0 Å². The van der Waals surface area contributed by atoms with E-state index >= 15 is 0 Å². The van der Waals surface area contributed by atoms with Gasteiger partial charge in [-0.25, -0.2) is 4.79 Å². The molecule has 1 aromatic carbocycles. The first-order valence-electron chi connectivity index (χ1n) is 7.04. The van der Waals surface area contributed by atoms with Gasteiger partial charge in [0.1, 0.15) is 12.1 Å². The van der Waals surface area contributed by atoms with Crippen LogP contribution in [0.4, 0.5) is 0 Å². The van der Waals surface area contributed by atoms with Gasteiger partial charge in [-0.3, -0.25) is 4.79 Å². The second kappa shape index (κ2) is 5.99. The predicted octanol–water partition coefficient (Wildman–Crippen LogP) is 2.40. The van der Waals surface area contributed by atoms with Crippen molar-refractivity contribution in [3.63, 3.8) is 0 Å². The van der Waals surface area contributed by atoms with E-state index in [0.29, 0.717) is 12.8 Å². The number of aliphatic carboxylic acids is 1. The molecule has 1 aromatic heterocycles. The smallest absolute Gasteiger partial charge is 0.329 e. The Morgan fingerprint density at radius 3 is 2.67 bits per heavy atom. The van der Waals surface area contributed by atoms with Crippen LogP contribution < -0.4 is 5.32 Å². The lowest BCUT2D eigenvalue weighted by Crippen LogP contribution is -2.52. The number of carbonyl (C=O) groups excluding carboxylic acids is 1. The molecule has 1 amide bonds. The number of carbonyl (C=O) groups is 2. The molecule has 0 aliphatic rings. The van der Waals surface area contributed by atoms with Crippen molar-refractivity contribution >= 4 is 22.8 Å². The van der Waals surface area contributed by atoms with Crippen molar-refractivity contribution in [2.24, 2.45) is 0 Å². The van der Waals surface area contributed by atoms with E-state index in [1.165, 1.54) is 0 Å². The van der Waals surface area contributed by atoms with Gasteiger partial charge in [-0.2, -0.15) is 0 Å². The molecule has 0 spiro atoms. The Labute approximate surface area is 123 Å². The number of carboxylic acids is 1. The SMILES string of the molecule is CCCC(C)(NC(=O)Cn1ccc2ccccc21)C(=O)O. The van der Waals surface area contributed by atoms with E-state index in [2.05, 4.69) is 5.32 Å². The highest BCUT2D eigenvalue weighted by atomic mass is 16.4. The Hall–Kier alpha value is -2.30. The molecule has 1 unspecified atom stereocenters. The molecular weight excluding hydrogens is 268 g/mol. The summed E-state index contributed by atoms with van der Waals surface area (Å²) in [5.74, 6) is -1.30. The molecule has 0 radical (unpaired) electrons. The van der Waals surface area contributed by atoms with Crippen LogP contribution in [0.3, 0.4) is 0 Å². The van der Waals surface area contributed by atoms with Crippen molar-refractivity contribution in [2.45, 2.75) is 38.8 Å². The number of carboxylic acid groups (broad SMARTS) is 1. The average Bonchev–Trinajstić information content (AvgIpc) is 2.82. The van der Waals surface area contributed by atoms with Gasteiger partial charge in [0.2, 0.25) is 5.91 Å². The van der Waals surface area contributed by atoms with Crippen molar-refractivity contribution in [1.82, 2.24) is 9.88 Å². The van der Waals surface area contributed by atoms with Gasteiger partial charge in [-0.05, 0) is 30.9 Å². The zero-order valence-corrected chi connectivity index (χ0v) is 12.3. The zero-order chi connectivity index (χ0) is 15.5. The molecule has 1 heterocycles. The topological polar surface area (TPSA) is 71.3 Å². The minimum absolute atomic E-state index is 0.111. The molecule has 2 rings (SSSR count). The number of nitrogens with zero attached hydrogens (tertiary/aromatic N) is 1. The average molecular weight is 288 g/mol. The maximum Gasteiger partial charge on any atom is 0.329 e. The van der Waals surface area contributed by atoms with E-state index in [1.807, 2.05) is 48.0 Å². The van der Waals surface area contributed by atoms with Gasteiger partial charge in [0.05, 0.1) is 0 Å². The van der Waals surface area contributed by atoms with Crippen LogP contribution in [0.1, 0.15) is 26.7 Å². The van der Waals surface area contributed by atoms with Crippen LogP contribution in [0.15, 0.2) is 36.5 Å². The van der Waals surface area contributed by atoms with Crippen LogP contribution in [-0.4, -0.2) is 27.1 Å². The normalized spacial score (nSPS) is 13.8. The Balaban J connectivity index is 2.12. The summed E-state index contributed by atoms with van der Waals surface area (Å²) in [5, 5.41) is 13.0. The third kappa shape index (κ3) is 3.24. The lowest BCUT2D eigenvalue weighted by atomic mass is 9.96. The summed E-state index contributed by atoms with van der Waals surface area (Å²) >= 11 is 0. The van der Waals surface area contributed by atoms with Crippen molar-refractivity contribution in [2.75, 3.05) is 0 Å². The van der Waals surface area contributed by atoms with Crippen LogP contribution in [0.5, 0.6) is 0 Å². The molecule has 0 saturated carbocycles. The largest absolute Gasteiger partial charge is 0.480 e. The molecule has 5 nitrogen and oxygen atoms in total. The lowest BCUT2D eigenvalue weighted by Gasteiger charge is -2.26. The number of hydrogen-bond donors (Lipinski definition) is 2. The summed E-state index contributed by atoms with van der Waals surface area (Å²) in [6.45, 7) is 3.55. The number of hydrogen-bond acceptors (Lipinski definition) is 2. The van der Waals surface area contributed by atoms with Gasteiger partial charge in [0, 0.05) is 11.7 Å². The standard InChI is InChI=1S/C16H20N2O3/c1-3-9-16(2,15(20)21)17-14(19)11-18-10-8-12-6-4-5-7-13(12)18/h4-8,10H,3,9,11H2,1-2H3,(H,17,19)(H,20,21). The third-order valence-corrected chi connectivity index (χ3v) is 3.63. The Kier molecular flexibility index (Phi) is 4.31. The van der Waals surface area contributed by atoms with E-state index in [1.54, 1.807) is 6.92 Å². The first kappa shape index (κ1) is 15.1. The number of fused-ring (bicyclic) bond motifs is 1. The summed E-state index contributed by atoms with van der Waals surface area (Å²) in [4.78, 5) is 23.5. The van der Waals surface area contributed by atoms with Gasteiger partial charge in [0.25, 0.3) is 0 Å². The highest BCUT2D eigenvalue weighted by Gasteiger charge is 2.33. The monoisotopic (exact) mass is 288 g/mol. The van der Waals surface area contributed by atoms with Crippen LogP contribution in [0.2, 0.25) is 0 Å². The van der Waals surface area contributed by atoms with E-state index in [9.17, 15) is 14.7 Å². The predicted molar refractivity (Wildman–Crippen MR) is 81.0 cm³/mol. The van der Waals surface area contributed by atoms with Crippen LogP contribution >= 0.6 is 0 Å². The van der Waals surface area contributed by atoms with Gasteiger partial charge < -0.3 is 15.0 Å². The molecule has 0 bridgehead atoms. The second-order valence-corrected chi connectivity index (χ2v) is 5.44. The molecule has 0 fully saturated rings. The number of aromatic nitrogens is 1. The molecule has 0 saturated heterocycles. The van der Waals surface area contributed by atoms with Crippen molar-refractivity contribution < 1.29 is 14.7 Å². The Morgan fingerprint density at radius 1 is 1.29 bits per heavy atom. The molecule has 112 valence electrons. The molecule has 0 aliphatic heterocycles. The Morgan fingerprint density at radius 2 is 2.00 bits per heavy atom. The number of nitrogens with one attached hydrogen (secondary N) is 1. The highest BCUT2D eigenvalue weighted by Crippen LogP contribution is 2.16. The minimum Gasteiger partial charge on any atom is -0.480 e. The first-order chi connectivity index (χ1) is 9.96. The molecule has 1 atom stereocenters. The first-order valence-corrected chi connectivity index (χ1v) is 7.04. The fourth-order valence-corrected chi connectivity index (χ4v) is 2.50. The number of amides is 1. The van der Waals surface area contributed by atoms with E-state index in [0.717, 1.165) is 10.9 Å². The van der Waals surface area contributed by atoms with E-state index < -0.39 is 11.5 Å². The maximum atomic E-state index is 12.2. The van der Waals surface area contributed by atoms with Gasteiger partial charge in [0.15, 0.2) is 0 Å². The summed E-state index contributed by atoms with van der Waals surface area (Å²) in [7, 11) is 0. The lowest BCUT2D eigenvalue weighted by molar-refractivity contribution is -0.147. The molecule has 0 aliphatic carbocycles. The van der Waals surface area contributed by atoms with Crippen molar-refractivity contribution in [1.29, 1.82) is 0 Å². The molecule has 2 aromatic rings. The number of rotatable bonds is 6. The van der Waals surface area contributed by atoms with Crippen LogP contribution in [0.25, 0.3) is 10.9 Å². The summed E-state index contributed by atoms with van der Waals surface area (Å²) in [5.41, 5.74) is -0.255. The maximum absolute atomic E-state index is 12.2. The van der Waals surface area contributed by atoms with Crippen molar-refractivity contribution in [3.05, 3.63) is 36.5 Å². The Bertz CT molecular complexity index is 662. The number of benzene rings is 1. The molecular formula is C16H20N2O3. The van der Waals surface area contributed by atoms with E-state index in [-0.39, 0.29) is 12.5 Å². The zero-order valence-electron chi connectivity index (χ0n) is 12.3. The fourth-order valence-electron chi connectivity index (χ4n) is 2.50. The summed E-state index contributed by atoms with van der Waals surface area (Å²) in [6, 6.07) is 9.70. The van der Waals surface area contributed by atoms with Gasteiger partial charge >= 0.3 is 5.97 Å². The fraction of sp³-hybridized carbons (Fsp3) is 0.375. The highest BCUT2D eigenvalue weighted by molar-refractivity contribution is 5.88. The minimum atomic E-state index is -1.21. The molecule has 5 heteroatoms. The third-order valence-electron chi connectivity index (χ3n) is 3.63. The van der Waals surface area contributed by atoms with E-state index in [4.69, 9.17) is 0 Å².